The molecule has 0 aromatic heterocycles. The number of nitrogens with one attached hydrogen (secondary N) is 1. The summed E-state index contributed by atoms with van der Waals surface area (Å²) in [7, 11) is 2.05. The van der Waals surface area contributed by atoms with Crippen LogP contribution in [0.15, 0.2) is 18.2 Å². The van der Waals surface area contributed by atoms with Gasteiger partial charge in [0.25, 0.3) is 0 Å². The summed E-state index contributed by atoms with van der Waals surface area (Å²) in [6.07, 6.45) is 2.42. The van der Waals surface area contributed by atoms with E-state index in [1.165, 1.54) is 24.1 Å². The molecule has 0 atom stereocenters. The van der Waals surface area contributed by atoms with Gasteiger partial charge in [-0.1, -0.05) is 31.5 Å². The maximum atomic E-state index is 6.36. The van der Waals surface area contributed by atoms with Crippen LogP contribution in [-0.2, 0) is 0 Å². The molecule has 0 bridgehead atoms. The Labute approximate surface area is 115 Å². The van der Waals surface area contributed by atoms with Gasteiger partial charge in [0.05, 0.1) is 0 Å². The van der Waals surface area contributed by atoms with Crippen LogP contribution in [0.1, 0.15) is 38.2 Å². The Bertz CT molecular complexity index is 395. The van der Waals surface area contributed by atoms with E-state index < -0.39 is 0 Å². The second-order valence-corrected chi connectivity index (χ2v) is 5.82. The lowest BCUT2D eigenvalue weighted by molar-refractivity contribution is 0.442. The second-order valence-electron chi connectivity index (χ2n) is 5.41. The van der Waals surface area contributed by atoms with E-state index >= 15 is 0 Å². The summed E-state index contributed by atoms with van der Waals surface area (Å²) in [4.78, 5) is 2.43. The van der Waals surface area contributed by atoms with Crippen molar-refractivity contribution in [2.24, 2.45) is 0 Å². The van der Waals surface area contributed by atoms with Crippen molar-refractivity contribution in [1.82, 2.24) is 5.32 Å². The molecule has 1 aromatic rings. The first-order valence-corrected chi connectivity index (χ1v) is 7.21. The van der Waals surface area contributed by atoms with E-state index in [1.54, 1.807) is 0 Å². The van der Waals surface area contributed by atoms with Crippen LogP contribution >= 0.6 is 11.6 Å². The summed E-state index contributed by atoms with van der Waals surface area (Å²) in [6, 6.07) is 7.18. The Kier molecular flexibility index (Phi) is 4.52. The maximum Gasteiger partial charge on any atom is 0.0461 e. The van der Waals surface area contributed by atoms with Crippen molar-refractivity contribution in [2.75, 3.05) is 25.0 Å². The molecular formula is C15H23ClN2. The molecule has 0 aliphatic carbocycles. The van der Waals surface area contributed by atoms with Gasteiger partial charge in [0.1, 0.15) is 0 Å². The van der Waals surface area contributed by atoms with Gasteiger partial charge >= 0.3 is 0 Å². The van der Waals surface area contributed by atoms with E-state index in [0.717, 1.165) is 18.1 Å². The quantitative estimate of drug-likeness (QED) is 0.898. The summed E-state index contributed by atoms with van der Waals surface area (Å²) in [5.41, 5.74) is 2.50. The minimum Gasteiger partial charge on any atom is -0.371 e. The zero-order valence-electron chi connectivity index (χ0n) is 11.5. The van der Waals surface area contributed by atoms with E-state index in [1.807, 2.05) is 0 Å². The van der Waals surface area contributed by atoms with Crippen LogP contribution in [0.2, 0.25) is 5.02 Å². The molecule has 1 saturated heterocycles. The van der Waals surface area contributed by atoms with Crippen LogP contribution in [0.5, 0.6) is 0 Å². The molecule has 3 heteroatoms. The molecule has 2 rings (SSSR count). The summed E-state index contributed by atoms with van der Waals surface area (Å²) < 4.78 is 0. The van der Waals surface area contributed by atoms with E-state index in [-0.39, 0.29) is 0 Å². The van der Waals surface area contributed by atoms with E-state index in [0.29, 0.717) is 12.0 Å². The monoisotopic (exact) mass is 266 g/mol. The highest BCUT2D eigenvalue weighted by Crippen LogP contribution is 2.29. The second kappa shape index (κ2) is 5.94. The number of benzene rings is 1. The maximum absolute atomic E-state index is 6.36. The molecular weight excluding hydrogens is 244 g/mol. The molecule has 1 heterocycles. The fourth-order valence-electron chi connectivity index (χ4n) is 2.61. The van der Waals surface area contributed by atoms with Gasteiger partial charge in [-0.05, 0) is 43.5 Å². The highest BCUT2D eigenvalue weighted by Gasteiger charge is 2.18. The van der Waals surface area contributed by atoms with Crippen molar-refractivity contribution in [3.63, 3.8) is 0 Å². The van der Waals surface area contributed by atoms with Crippen LogP contribution in [0.25, 0.3) is 0 Å². The van der Waals surface area contributed by atoms with Crippen LogP contribution in [0.3, 0.4) is 0 Å². The van der Waals surface area contributed by atoms with Crippen molar-refractivity contribution < 1.29 is 0 Å². The minimum absolute atomic E-state index is 0.488. The number of nitrogens with zero attached hydrogens (tertiary/aromatic N) is 1. The molecule has 100 valence electrons. The van der Waals surface area contributed by atoms with Gasteiger partial charge in [-0.15, -0.1) is 0 Å². The summed E-state index contributed by atoms with van der Waals surface area (Å²) in [5.74, 6) is 0.488. The van der Waals surface area contributed by atoms with Gasteiger partial charge in [-0.25, -0.2) is 0 Å². The van der Waals surface area contributed by atoms with Gasteiger partial charge in [-0.2, -0.15) is 0 Å². The van der Waals surface area contributed by atoms with E-state index in [2.05, 4.69) is 49.3 Å². The molecule has 18 heavy (non-hydrogen) atoms. The highest BCUT2D eigenvalue weighted by molar-refractivity contribution is 6.31. The average Bonchev–Trinajstić information content (AvgIpc) is 2.38. The van der Waals surface area contributed by atoms with E-state index in [4.69, 9.17) is 11.6 Å². The molecule has 2 nitrogen and oxygen atoms in total. The fourth-order valence-corrected chi connectivity index (χ4v) is 3.00. The lowest BCUT2D eigenvalue weighted by atomic mass is 10.0. The SMILES string of the molecule is CNC1CCN(c2ccc(C(C)C)c(Cl)c2)CC1. The molecule has 0 amide bonds. The lowest BCUT2D eigenvalue weighted by Gasteiger charge is -2.33. The number of halogens is 1. The van der Waals surface area contributed by atoms with Crippen molar-refractivity contribution in [2.45, 2.75) is 38.6 Å². The van der Waals surface area contributed by atoms with Gasteiger partial charge in [0.15, 0.2) is 0 Å². The lowest BCUT2D eigenvalue weighted by Crippen LogP contribution is -2.41. The van der Waals surface area contributed by atoms with Crippen molar-refractivity contribution >= 4 is 17.3 Å². The number of anilines is 1. The molecule has 1 aliphatic heterocycles. The number of rotatable bonds is 3. The van der Waals surface area contributed by atoms with Crippen LogP contribution in [0, 0.1) is 0 Å². The van der Waals surface area contributed by atoms with E-state index in [9.17, 15) is 0 Å². The molecule has 1 aliphatic rings. The van der Waals surface area contributed by atoms with Crippen molar-refractivity contribution in [3.05, 3.63) is 28.8 Å². The fraction of sp³-hybridized carbons (Fsp3) is 0.600. The third-order valence-electron chi connectivity index (χ3n) is 3.87. The first kappa shape index (κ1) is 13.7. The smallest absolute Gasteiger partial charge is 0.0461 e. The third kappa shape index (κ3) is 2.99. The molecule has 0 unspecified atom stereocenters. The molecule has 1 fully saturated rings. The topological polar surface area (TPSA) is 15.3 Å². The number of hydrogen-bond donors (Lipinski definition) is 1. The first-order valence-electron chi connectivity index (χ1n) is 6.83. The molecule has 0 saturated carbocycles. The van der Waals surface area contributed by atoms with Crippen LogP contribution in [-0.4, -0.2) is 26.2 Å². The standard InChI is InChI=1S/C15H23ClN2/c1-11(2)14-5-4-13(10-15(14)16)18-8-6-12(17-3)7-9-18/h4-5,10-12,17H,6-9H2,1-3H3. The molecule has 1 aromatic carbocycles. The van der Waals surface area contributed by atoms with Gasteiger partial charge in [0, 0.05) is 29.8 Å². The van der Waals surface area contributed by atoms with Crippen molar-refractivity contribution in [3.8, 4) is 0 Å². The van der Waals surface area contributed by atoms with Gasteiger partial charge < -0.3 is 10.2 Å². The van der Waals surface area contributed by atoms with Crippen LogP contribution < -0.4 is 10.2 Å². The predicted molar refractivity (Wildman–Crippen MR) is 79.8 cm³/mol. The first-order chi connectivity index (χ1) is 8.61. The summed E-state index contributed by atoms with van der Waals surface area (Å²) >= 11 is 6.36. The Morgan fingerprint density at radius 1 is 1.28 bits per heavy atom. The Hall–Kier alpha value is -0.730. The molecule has 0 radical (unpaired) electrons. The largest absolute Gasteiger partial charge is 0.371 e. The molecule has 1 N–H and O–H groups in total. The minimum atomic E-state index is 0.488. The molecule has 0 spiro atoms. The average molecular weight is 267 g/mol. The summed E-state index contributed by atoms with van der Waals surface area (Å²) in [6.45, 7) is 6.59. The third-order valence-corrected chi connectivity index (χ3v) is 4.20. The normalized spacial score (nSPS) is 17.5. The Balaban J connectivity index is 2.08. The van der Waals surface area contributed by atoms with Crippen molar-refractivity contribution in [1.29, 1.82) is 0 Å². The van der Waals surface area contributed by atoms with Gasteiger partial charge in [0.2, 0.25) is 0 Å². The Morgan fingerprint density at radius 2 is 1.94 bits per heavy atom. The number of piperidine rings is 1. The zero-order valence-corrected chi connectivity index (χ0v) is 12.3. The predicted octanol–water partition coefficient (Wildman–Crippen LogP) is 3.65. The highest BCUT2D eigenvalue weighted by atomic mass is 35.5. The number of hydrogen-bond acceptors (Lipinski definition) is 2. The van der Waals surface area contributed by atoms with Crippen LogP contribution in [0.4, 0.5) is 5.69 Å². The van der Waals surface area contributed by atoms with Gasteiger partial charge in [-0.3, -0.25) is 0 Å². The Morgan fingerprint density at radius 3 is 2.44 bits per heavy atom. The zero-order chi connectivity index (χ0) is 13.1. The summed E-state index contributed by atoms with van der Waals surface area (Å²) in [5, 5.41) is 4.26.